The molecule has 0 aliphatic heterocycles. The number of aryl methyl sites for hydroxylation is 1. The number of pyridine rings is 1. The Kier molecular flexibility index (Phi) is 9.07. The average Bonchev–Trinajstić information content (AvgIpc) is 3.79. The number of rotatable bonds is 6. The van der Waals surface area contributed by atoms with Crippen LogP contribution in [0.1, 0.15) is 5.56 Å². The first kappa shape index (κ1) is 36.6. The van der Waals surface area contributed by atoms with Crippen molar-refractivity contribution >= 4 is 57.0 Å². The summed E-state index contributed by atoms with van der Waals surface area (Å²) in [7, 11) is -1.56. The van der Waals surface area contributed by atoms with Crippen LogP contribution < -0.4 is 5.19 Å². The summed E-state index contributed by atoms with van der Waals surface area (Å²) in [6.45, 7) is 9.12. The smallest absolute Gasteiger partial charge is 0.148 e. The third-order valence-electron chi connectivity index (χ3n) is 10.8. The van der Waals surface area contributed by atoms with Gasteiger partial charge in [-0.05, 0) is 69.9 Å². The first-order valence-corrected chi connectivity index (χ1v) is 22.5. The van der Waals surface area contributed by atoms with Gasteiger partial charge in [0.2, 0.25) is 0 Å². The summed E-state index contributed by atoms with van der Waals surface area (Å²) in [6.07, 6.45) is 2.02. The molecule has 0 aliphatic carbocycles. The van der Waals surface area contributed by atoms with E-state index in [0.717, 1.165) is 88.5 Å². The number of furan rings is 1. The molecule has 5 nitrogen and oxygen atoms in total. The Morgan fingerprint density at radius 3 is 2.23 bits per heavy atom. The molecule has 0 spiro atoms. The van der Waals surface area contributed by atoms with Crippen molar-refractivity contribution in [2.45, 2.75) is 26.6 Å². The summed E-state index contributed by atoms with van der Waals surface area (Å²) in [5.74, 6) is 0.813. The first-order chi connectivity index (χ1) is 27.2. The van der Waals surface area contributed by atoms with Crippen LogP contribution in [0.25, 0.3) is 94.3 Å². The summed E-state index contributed by atoms with van der Waals surface area (Å²) in [6, 6.07) is 53.6. The van der Waals surface area contributed by atoms with Crippen molar-refractivity contribution in [1.82, 2.24) is 14.5 Å². The van der Waals surface area contributed by atoms with Gasteiger partial charge in [-0.15, -0.1) is 17.7 Å². The molecule has 0 atom stereocenters. The molecule has 0 bridgehead atoms. The van der Waals surface area contributed by atoms with E-state index in [1.165, 1.54) is 5.19 Å². The van der Waals surface area contributed by atoms with Crippen LogP contribution in [0, 0.1) is 13.0 Å². The maximum absolute atomic E-state index is 11.8. The number of phenolic OH excluding ortho intramolecular Hbond substituents is 1. The molecule has 10 rings (SSSR count). The number of para-hydroxylation sites is 2. The molecule has 0 fully saturated rings. The summed E-state index contributed by atoms with van der Waals surface area (Å²) in [5, 5.41) is 17.4. The third kappa shape index (κ3) is 6.30. The van der Waals surface area contributed by atoms with Crippen molar-refractivity contribution in [1.29, 1.82) is 0 Å². The van der Waals surface area contributed by atoms with Gasteiger partial charge in [-0.25, -0.2) is 4.98 Å². The standard InChI is InChI=1S/C50H38N3O2Si.Pt/c1-31-25-34-15-8-9-16-37(34)45(26-31)53-44-19-12-18-38(48(44)52-50(53)40-23-21-33(29-46(40)54)32-13-6-5-7-14-32)35-27-41-39-17-10-11-20-47(39)55-49(41)42(28-35)43-24-22-36(30-51-43)56(2,3)4;/h5-27,29-30,54H,1-4H3;/q-1;. The number of imidazole rings is 1. The van der Waals surface area contributed by atoms with Crippen molar-refractivity contribution in [2.75, 3.05) is 0 Å². The van der Waals surface area contributed by atoms with Gasteiger partial charge in [0.1, 0.15) is 17.2 Å². The zero-order valence-electron chi connectivity index (χ0n) is 31.9. The molecule has 0 aliphatic rings. The molecular formula is C50H38N3O2PtSi-. The fourth-order valence-corrected chi connectivity index (χ4v) is 9.01. The summed E-state index contributed by atoms with van der Waals surface area (Å²) in [4.78, 5) is 10.5. The Labute approximate surface area is 346 Å². The van der Waals surface area contributed by atoms with Crippen LogP contribution in [-0.2, 0) is 21.1 Å². The van der Waals surface area contributed by atoms with Crippen molar-refractivity contribution < 1.29 is 30.6 Å². The molecule has 0 radical (unpaired) electrons. The minimum atomic E-state index is -1.56. The van der Waals surface area contributed by atoms with Gasteiger partial charge < -0.3 is 9.52 Å². The molecule has 3 aromatic heterocycles. The van der Waals surface area contributed by atoms with E-state index in [1.807, 2.05) is 54.7 Å². The molecule has 7 aromatic carbocycles. The van der Waals surface area contributed by atoms with E-state index in [0.29, 0.717) is 11.4 Å². The molecule has 280 valence electrons. The largest absolute Gasteiger partial charge is 0.507 e. The maximum atomic E-state index is 11.8. The van der Waals surface area contributed by atoms with Crippen molar-refractivity contribution in [3.63, 3.8) is 0 Å². The minimum absolute atomic E-state index is 0. The van der Waals surface area contributed by atoms with Crippen LogP contribution in [0.2, 0.25) is 19.6 Å². The molecule has 10 aromatic rings. The second-order valence-electron chi connectivity index (χ2n) is 15.6. The second kappa shape index (κ2) is 14.1. The molecule has 0 saturated heterocycles. The quantitative estimate of drug-likeness (QED) is 0.133. The zero-order valence-corrected chi connectivity index (χ0v) is 35.2. The molecular weight excluding hydrogens is 898 g/mol. The molecule has 1 N–H and O–H groups in total. The normalized spacial score (nSPS) is 11.8. The van der Waals surface area contributed by atoms with Crippen molar-refractivity contribution in [3.8, 4) is 56.3 Å². The Bertz CT molecular complexity index is 3140. The van der Waals surface area contributed by atoms with E-state index in [4.69, 9.17) is 14.4 Å². The fourth-order valence-electron chi connectivity index (χ4n) is 7.97. The van der Waals surface area contributed by atoms with E-state index in [9.17, 15) is 5.11 Å². The van der Waals surface area contributed by atoms with Gasteiger partial charge in [-0.1, -0.05) is 140 Å². The number of hydrogen-bond donors (Lipinski definition) is 1. The van der Waals surface area contributed by atoms with Crippen LogP contribution in [0.4, 0.5) is 0 Å². The molecule has 3 heterocycles. The monoisotopic (exact) mass is 935 g/mol. The second-order valence-corrected chi connectivity index (χ2v) is 20.7. The molecule has 0 unspecified atom stereocenters. The number of aromatic nitrogens is 3. The van der Waals surface area contributed by atoms with Crippen molar-refractivity contribution in [3.05, 3.63) is 163 Å². The number of nitrogens with zero attached hydrogens (tertiary/aromatic N) is 3. The Balaban J connectivity index is 0.00000422. The van der Waals surface area contributed by atoms with Gasteiger partial charge in [0.25, 0.3) is 0 Å². The molecule has 0 saturated carbocycles. The number of phenols is 1. The van der Waals surface area contributed by atoms with Gasteiger partial charge in [0.15, 0.2) is 0 Å². The van der Waals surface area contributed by atoms with Gasteiger partial charge >= 0.3 is 0 Å². The van der Waals surface area contributed by atoms with E-state index >= 15 is 0 Å². The van der Waals surface area contributed by atoms with E-state index in [2.05, 4.69) is 134 Å². The van der Waals surface area contributed by atoms with E-state index in [-0.39, 0.29) is 26.8 Å². The summed E-state index contributed by atoms with van der Waals surface area (Å²) >= 11 is 0. The number of benzene rings is 7. The van der Waals surface area contributed by atoms with Gasteiger partial charge in [-0.2, -0.15) is 0 Å². The minimum Gasteiger partial charge on any atom is -0.507 e. The predicted octanol–water partition coefficient (Wildman–Crippen LogP) is 12.5. The summed E-state index contributed by atoms with van der Waals surface area (Å²) in [5.41, 5.74) is 11.5. The van der Waals surface area contributed by atoms with Crippen molar-refractivity contribution in [2.24, 2.45) is 0 Å². The Morgan fingerprint density at radius 1 is 0.684 bits per heavy atom. The van der Waals surface area contributed by atoms with Crippen LogP contribution in [0.3, 0.4) is 0 Å². The molecule has 57 heavy (non-hydrogen) atoms. The average molecular weight is 936 g/mol. The Morgan fingerprint density at radius 2 is 1.46 bits per heavy atom. The third-order valence-corrected chi connectivity index (χ3v) is 12.9. The SMILES string of the molecule is Cc1cc(-n2c(-c3ccc(-c4ccccc4)cc3O)nc3c(-c4[c-]c(-c5ccc([Si](C)(C)C)cn5)c5oc6ccccc6c5c4)cccc32)c2ccccc2c1.[Pt]. The molecule has 0 amide bonds. The number of aromatic hydroxyl groups is 1. The predicted molar refractivity (Wildman–Crippen MR) is 234 cm³/mol. The van der Waals surface area contributed by atoms with Crippen LogP contribution in [0.15, 0.2) is 156 Å². The van der Waals surface area contributed by atoms with Gasteiger partial charge in [0, 0.05) is 43.7 Å². The maximum Gasteiger partial charge on any atom is 0.148 e. The van der Waals surface area contributed by atoms with Gasteiger partial charge in [0.05, 0.1) is 35.9 Å². The van der Waals surface area contributed by atoms with E-state index < -0.39 is 8.07 Å². The molecule has 7 heteroatoms. The van der Waals surface area contributed by atoms with Gasteiger partial charge in [-0.3, -0.25) is 9.55 Å². The fraction of sp³-hybridized carbons (Fsp3) is 0.0800. The first-order valence-electron chi connectivity index (χ1n) is 19.0. The summed E-state index contributed by atoms with van der Waals surface area (Å²) < 4.78 is 8.75. The van der Waals surface area contributed by atoms with Crippen LogP contribution in [0.5, 0.6) is 5.75 Å². The van der Waals surface area contributed by atoms with Crippen LogP contribution >= 0.6 is 0 Å². The Hall–Kier alpha value is -6.07. The van der Waals surface area contributed by atoms with E-state index in [1.54, 1.807) is 0 Å². The topological polar surface area (TPSA) is 64.1 Å². The number of hydrogen-bond acceptors (Lipinski definition) is 4. The zero-order chi connectivity index (χ0) is 38.1. The van der Waals surface area contributed by atoms with Crippen LogP contribution in [-0.4, -0.2) is 27.7 Å². The number of fused-ring (bicyclic) bond motifs is 5.